The summed E-state index contributed by atoms with van der Waals surface area (Å²) in [4.78, 5) is 21.7. The highest BCUT2D eigenvalue weighted by Gasteiger charge is 2.24. The van der Waals surface area contributed by atoms with Gasteiger partial charge in [-0.15, -0.1) is 0 Å². The number of anilines is 1. The molecule has 0 aliphatic carbocycles. The van der Waals surface area contributed by atoms with Crippen LogP contribution < -0.4 is 4.90 Å². The summed E-state index contributed by atoms with van der Waals surface area (Å²) in [6.07, 6.45) is 1.68. The molecule has 0 aliphatic rings. The fourth-order valence-electron chi connectivity index (χ4n) is 2.59. The Morgan fingerprint density at radius 2 is 1.96 bits per heavy atom. The molecule has 2 heterocycles. The van der Waals surface area contributed by atoms with Gasteiger partial charge in [0.2, 0.25) is 0 Å². The summed E-state index contributed by atoms with van der Waals surface area (Å²) >= 11 is 1.54. The van der Waals surface area contributed by atoms with Crippen LogP contribution in [0.1, 0.15) is 30.4 Å². The molecule has 3 aromatic rings. The van der Waals surface area contributed by atoms with Gasteiger partial charge in [-0.3, -0.25) is 14.4 Å². The maximum atomic E-state index is 13.2. The van der Waals surface area contributed by atoms with Crippen molar-refractivity contribution in [3.63, 3.8) is 0 Å². The van der Waals surface area contributed by atoms with Crippen molar-refractivity contribution in [2.75, 3.05) is 32.1 Å². The topological polar surface area (TPSA) is 54.3 Å². The van der Waals surface area contributed by atoms with Gasteiger partial charge in [-0.05, 0) is 46.1 Å². The molecule has 0 saturated heterocycles. The van der Waals surface area contributed by atoms with Crippen LogP contribution >= 0.6 is 11.3 Å². The largest absolute Gasteiger partial charge is 0.308 e. The van der Waals surface area contributed by atoms with Gasteiger partial charge < -0.3 is 4.90 Å². The number of carbonyl (C=O) groups excluding carboxylic acids is 1. The Balaban J connectivity index is 1.98. The fraction of sp³-hybridized carbons (Fsp3) is 0.389. The number of benzene rings is 1. The number of likely N-dealkylation sites (N-methyl/N-ethyl adjacent to an activating group) is 1. The number of fused-ring (bicyclic) bond motifs is 1. The number of rotatable bonds is 6. The van der Waals surface area contributed by atoms with Crippen molar-refractivity contribution in [2.24, 2.45) is 0 Å². The van der Waals surface area contributed by atoms with Gasteiger partial charge >= 0.3 is 0 Å². The van der Waals surface area contributed by atoms with E-state index in [-0.39, 0.29) is 11.9 Å². The number of nitrogens with zero attached hydrogens (tertiary/aromatic N) is 5. The highest BCUT2D eigenvalue weighted by Crippen LogP contribution is 2.29. The van der Waals surface area contributed by atoms with Gasteiger partial charge in [0, 0.05) is 25.3 Å². The molecule has 6 nitrogen and oxygen atoms in total. The van der Waals surface area contributed by atoms with Crippen LogP contribution in [0.5, 0.6) is 0 Å². The van der Waals surface area contributed by atoms with Crippen molar-refractivity contribution in [1.82, 2.24) is 19.7 Å². The molecule has 0 fully saturated rings. The van der Waals surface area contributed by atoms with Crippen molar-refractivity contribution in [1.29, 1.82) is 0 Å². The summed E-state index contributed by atoms with van der Waals surface area (Å²) in [7, 11) is 4.00. The van der Waals surface area contributed by atoms with Crippen LogP contribution in [0, 0.1) is 0 Å². The second kappa shape index (κ2) is 7.33. The summed E-state index contributed by atoms with van der Waals surface area (Å²) < 4.78 is 2.84. The summed E-state index contributed by atoms with van der Waals surface area (Å²) in [5.41, 5.74) is 1.51. The summed E-state index contributed by atoms with van der Waals surface area (Å²) in [5, 5.41) is 5.02. The molecule has 0 N–H and O–H groups in total. The molecule has 0 bridgehead atoms. The Labute approximate surface area is 151 Å². The van der Waals surface area contributed by atoms with Gasteiger partial charge in [-0.2, -0.15) is 5.10 Å². The second-order valence-electron chi connectivity index (χ2n) is 6.48. The summed E-state index contributed by atoms with van der Waals surface area (Å²) in [6.45, 7) is 5.38. The van der Waals surface area contributed by atoms with Crippen LogP contribution in [0.15, 0.2) is 36.5 Å². The first-order valence-electron chi connectivity index (χ1n) is 8.33. The number of hydrogen-bond acceptors (Lipinski definition) is 5. The average molecular weight is 357 g/mol. The minimum Gasteiger partial charge on any atom is -0.308 e. The van der Waals surface area contributed by atoms with Crippen LogP contribution in [-0.2, 0) is 0 Å². The lowest BCUT2D eigenvalue weighted by Crippen LogP contribution is -2.38. The van der Waals surface area contributed by atoms with E-state index in [4.69, 9.17) is 0 Å². The molecule has 1 amide bonds. The Bertz CT molecular complexity index is 834. The first kappa shape index (κ1) is 17.6. The van der Waals surface area contributed by atoms with E-state index in [1.54, 1.807) is 33.2 Å². The molecule has 3 rings (SSSR count). The molecule has 0 unspecified atom stereocenters. The molecule has 0 radical (unpaired) electrons. The molecular weight excluding hydrogens is 334 g/mol. The molecule has 1 aromatic carbocycles. The highest BCUT2D eigenvalue weighted by molar-refractivity contribution is 7.22. The van der Waals surface area contributed by atoms with E-state index in [0.717, 1.165) is 21.9 Å². The minimum atomic E-state index is -0.0629. The molecular formula is C18H23N5OS. The fourth-order valence-corrected chi connectivity index (χ4v) is 3.58. The van der Waals surface area contributed by atoms with E-state index in [0.29, 0.717) is 12.2 Å². The predicted molar refractivity (Wildman–Crippen MR) is 102 cm³/mol. The molecule has 0 spiro atoms. The van der Waals surface area contributed by atoms with Crippen molar-refractivity contribution >= 4 is 32.6 Å². The zero-order valence-electron chi connectivity index (χ0n) is 15.0. The highest BCUT2D eigenvalue weighted by atomic mass is 32.1. The van der Waals surface area contributed by atoms with Crippen molar-refractivity contribution < 1.29 is 4.79 Å². The quantitative estimate of drug-likeness (QED) is 0.679. The number of aromatic nitrogens is 3. The number of para-hydroxylation sites is 1. The van der Waals surface area contributed by atoms with Crippen molar-refractivity contribution in [2.45, 2.75) is 19.9 Å². The van der Waals surface area contributed by atoms with Crippen LogP contribution in [-0.4, -0.2) is 52.8 Å². The van der Waals surface area contributed by atoms with Crippen LogP contribution in [0.3, 0.4) is 0 Å². The molecule has 0 atom stereocenters. The summed E-state index contributed by atoms with van der Waals surface area (Å²) in [6, 6.07) is 9.86. The van der Waals surface area contributed by atoms with Crippen molar-refractivity contribution in [3.8, 4) is 0 Å². The number of amides is 1. The monoisotopic (exact) mass is 357 g/mol. The standard InChI is InChI=1S/C18H23N5OS/c1-13(2)23-15(9-10-19-23)17(24)22(12-11-21(3)4)18-20-14-7-5-6-8-16(14)25-18/h5-10,13H,11-12H2,1-4H3. The van der Waals surface area contributed by atoms with Crippen molar-refractivity contribution in [3.05, 3.63) is 42.2 Å². The minimum absolute atomic E-state index is 0.0629. The van der Waals surface area contributed by atoms with Crippen LogP contribution in [0.2, 0.25) is 0 Å². The van der Waals surface area contributed by atoms with Crippen LogP contribution in [0.25, 0.3) is 10.2 Å². The Morgan fingerprint density at radius 1 is 1.20 bits per heavy atom. The zero-order valence-corrected chi connectivity index (χ0v) is 15.8. The third-order valence-corrected chi connectivity index (χ3v) is 4.97. The van der Waals surface area contributed by atoms with Gasteiger partial charge in [0.1, 0.15) is 5.69 Å². The third kappa shape index (κ3) is 3.72. The molecule has 132 valence electrons. The lowest BCUT2D eigenvalue weighted by Gasteiger charge is -2.22. The molecule has 0 aliphatic heterocycles. The maximum absolute atomic E-state index is 13.2. The third-order valence-electron chi connectivity index (χ3n) is 3.91. The number of thiazole rings is 1. The smallest absolute Gasteiger partial charge is 0.278 e. The van der Waals surface area contributed by atoms with E-state index in [1.807, 2.05) is 52.2 Å². The zero-order chi connectivity index (χ0) is 18.0. The average Bonchev–Trinajstić information content (AvgIpc) is 3.21. The maximum Gasteiger partial charge on any atom is 0.278 e. The van der Waals surface area contributed by atoms with Gasteiger partial charge in [-0.1, -0.05) is 23.5 Å². The van der Waals surface area contributed by atoms with Crippen LogP contribution in [0.4, 0.5) is 5.13 Å². The predicted octanol–water partition coefficient (Wildman–Crippen LogP) is 3.28. The Hall–Kier alpha value is -2.25. The van der Waals surface area contributed by atoms with E-state index < -0.39 is 0 Å². The molecule has 0 saturated carbocycles. The first-order chi connectivity index (χ1) is 12.0. The van der Waals surface area contributed by atoms with Gasteiger partial charge in [0.25, 0.3) is 5.91 Å². The van der Waals surface area contributed by atoms with E-state index in [1.165, 1.54) is 0 Å². The summed E-state index contributed by atoms with van der Waals surface area (Å²) in [5.74, 6) is -0.0629. The number of carbonyl (C=O) groups is 1. The first-order valence-corrected chi connectivity index (χ1v) is 9.14. The second-order valence-corrected chi connectivity index (χ2v) is 7.49. The Morgan fingerprint density at radius 3 is 2.64 bits per heavy atom. The van der Waals surface area contributed by atoms with Gasteiger partial charge in [0.05, 0.1) is 10.2 Å². The lowest BCUT2D eigenvalue weighted by molar-refractivity contribution is 0.0973. The van der Waals surface area contributed by atoms with E-state index in [2.05, 4.69) is 15.0 Å². The molecule has 7 heteroatoms. The SMILES string of the molecule is CC(C)n1nccc1C(=O)N(CCN(C)C)c1nc2ccccc2s1. The lowest BCUT2D eigenvalue weighted by atomic mass is 10.3. The number of hydrogen-bond donors (Lipinski definition) is 0. The van der Waals surface area contributed by atoms with Gasteiger partial charge in [0.15, 0.2) is 5.13 Å². The molecule has 25 heavy (non-hydrogen) atoms. The van der Waals surface area contributed by atoms with E-state index in [9.17, 15) is 4.79 Å². The Kier molecular flexibility index (Phi) is 5.15. The van der Waals surface area contributed by atoms with E-state index >= 15 is 0 Å². The normalized spacial score (nSPS) is 11.6. The van der Waals surface area contributed by atoms with Gasteiger partial charge in [-0.25, -0.2) is 4.98 Å². The molecule has 2 aromatic heterocycles.